The summed E-state index contributed by atoms with van der Waals surface area (Å²) < 4.78 is 1.81. The average Bonchev–Trinajstić information content (AvgIpc) is 2.50. The Morgan fingerprint density at radius 2 is 1.80 bits per heavy atom. The highest BCUT2D eigenvalue weighted by atomic mass is 15.2. The summed E-state index contributed by atoms with van der Waals surface area (Å²) in [6, 6.07) is 0. The van der Waals surface area contributed by atoms with Crippen LogP contribution in [0.15, 0.2) is 12.5 Å². The van der Waals surface area contributed by atoms with Crippen molar-refractivity contribution in [3.8, 4) is 11.3 Å². The van der Waals surface area contributed by atoms with Gasteiger partial charge in [-0.1, -0.05) is 0 Å². The van der Waals surface area contributed by atoms with Gasteiger partial charge < -0.3 is 0 Å². The third-order valence-corrected chi connectivity index (χ3v) is 2.60. The Bertz CT molecular complexity index is 499. The van der Waals surface area contributed by atoms with Gasteiger partial charge in [-0.3, -0.25) is 4.68 Å². The van der Waals surface area contributed by atoms with E-state index < -0.39 is 0 Å². The number of nitrogens with zero attached hydrogens (tertiary/aromatic N) is 4. The molecule has 0 radical (unpaired) electrons. The van der Waals surface area contributed by atoms with Crippen LogP contribution in [0, 0.1) is 20.8 Å². The summed E-state index contributed by atoms with van der Waals surface area (Å²) in [4.78, 5) is 8.48. The average molecular weight is 202 g/mol. The highest BCUT2D eigenvalue weighted by Crippen LogP contribution is 2.23. The molecule has 0 bridgehead atoms. The fourth-order valence-electron chi connectivity index (χ4n) is 1.64. The maximum Gasteiger partial charge on any atom is 0.116 e. The summed E-state index contributed by atoms with van der Waals surface area (Å²) in [7, 11) is 1.92. The Balaban J connectivity index is 2.64. The maximum atomic E-state index is 4.32. The summed E-state index contributed by atoms with van der Waals surface area (Å²) in [5.74, 6) is 0. The summed E-state index contributed by atoms with van der Waals surface area (Å²) in [6.45, 7) is 6.02. The van der Waals surface area contributed by atoms with Gasteiger partial charge in [0.05, 0.1) is 11.4 Å². The first-order valence-electron chi connectivity index (χ1n) is 4.88. The molecule has 78 valence electrons. The van der Waals surface area contributed by atoms with E-state index in [4.69, 9.17) is 0 Å². The van der Waals surface area contributed by atoms with Crippen LogP contribution in [0.2, 0.25) is 0 Å². The molecule has 2 heterocycles. The molecule has 0 saturated carbocycles. The predicted molar refractivity (Wildman–Crippen MR) is 58.4 cm³/mol. The fourth-order valence-corrected chi connectivity index (χ4v) is 1.64. The molecule has 2 aromatic heterocycles. The molecule has 0 aromatic carbocycles. The molecule has 0 aliphatic rings. The van der Waals surface area contributed by atoms with E-state index in [2.05, 4.69) is 15.1 Å². The van der Waals surface area contributed by atoms with Crippen molar-refractivity contribution < 1.29 is 0 Å². The molecule has 15 heavy (non-hydrogen) atoms. The van der Waals surface area contributed by atoms with Crippen molar-refractivity contribution in [1.82, 2.24) is 19.7 Å². The lowest BCUT2D eigenvalue weighted by atomic mass is 10.1. The highest BCUT2D eigenvalue weighted by Gasteiger charge is 2.11. The van der Waals surface area contributed by atoms with Crippen LogP contribution in [0.4, 0.5) is 0 Å². The highest BCUT2D eigenvalue weighted by molar-refractivity contribution is 5.64. The number of aromatic nitrogens is 4. The van der Waals surface area contributed by atoms with Gasteiger partial charge in [-0.2, -0.15) is 5.10 Å². The van der Waals surface area contributed by atoms with E-state index in [-0.39, 0.29) is 0 Å². The lowest BCUT2D eigenvalue weighted by molar-refractivity contribution is 0.756. The normalized spacial score (nSPS) is 10.7. The molecule has 0 fully saturated rings. The zero-order chi connectivity index (χ0) is 11.0. The molecule has 0 aliphatic heterocycles. The van der Waals surface area contributed by atoms with Crippen molar-refractivity contribution in [2.75, 3.05) is 0 Å². The molecule has 2 rings (SSSR count). The minimum Gasteiger partial charge on any atom is -0.275 e. The summed E-state index contributed by atoms with van der Waals surface area (Å²) in [5.41, 5.74) is 5.20. The van der Waals surface area contributed by atoms with Gasteiger partial charge in [0.2, 0.25) is 0 Å². The van der Waals surface area contributed by atoms with E-state index in [1.807, 2.05) is 38.7 Å². The van der Waals surface area contributed by atoms with Crippen molar-refractivity contribution in [3.05, 3.63) is 29.5 Å². The number of hydrogen-bond donors (Lipinski definition) is 0. The predicted octanol–water partition coefficient (Wildman–Crippen LogP) is 1.80. The SMILES string of the molecule is Cc1nn(C)cc1-c1ncnc(C)c1C. The van der Waals surface area contributed by atoms with Gasteiger partial charge in [0.15, 0.2) is 0 Å². The second kappa shape index (κ2) is 3.46. The van der Waals surface area contributed by atoms with Crippen LogP contribution in [-0.4, -0.2) is 19.7 Å². The van der Waals surface area contributed by atoms with Crippen LogP contribution in [0.25, 0.3) is 11.3 Å². The molecule has 0 aliphatic carbocycles. The summed E-state index contributed by atoms with van der Waals surface area (Å²) in [5, 5.41) is 4.31. The lowest BCUT2D eigenvalue weighted by Crippen LogP contribution is -1.94. The van der Waals surface area contributed by atoms with Crippen molar-refractivity contribution >= 4 is 0 Å². The van der Waals surface area contributed by atoms with Gasteiger partial charge >= 0.3 is 0 Å². The van der Waals surface area contributed by atoms with E-state index in [0.717, 1.165) is 28.2 Å². The van der Waals surface area contributed by atoms with Crippen LogP contribution in [0.3, 0.4) is 0 Å². The summed E-state index contributed by atoms with van der Waals surface area (Å²) in [6.07, 6.45) is 3.59. The Labute approximate surface area is 89.0 Å². The van der Waals surface area contributed by atoms with Crippen molar-refractivity contribution in [2.24, 2.45) is 7.05 Å². The molecular weight excluding hydrogens is 188 g/mol. The molecule has 0 saturated heterocycles. The Hall–Kier alpha value is -1.71. The number of rotatable bonds is 1. The third kappa shape index (κ3) is 1.63. The Morgan fingerprint density at radius 3 is 2.40 bits per heavy atom. The van der Waals surface area contributed by atoms with Gasteiger partial charge in [-0.05, 0) is 26.3 Å². The minimum atomic E-state index is 0.980. The molecule has 4 heteroatoms. The number of hydrogen-bond acceptors (Lipinski definition) is 3. The standard InChI is InChI=1S/C11H14N4/c1-7-8(2)12-6-13-11(7)10-5-15(4)14-9(10)3/h5-6H,1-4H3. The monoisotopic (exact) mass is 202 g/mol. The lowest BCUT2D eigenvalue weighted by Gasteiger charge is -2.04. The van der Waals surface area contributed by atoms with Crippen LogP contribution in [0.1, 0.15) is 17.0 Å². The van der Waals surface area contributed by atoms with E-state index in [0.29, 0.717) is 0 Å². The maximum absolute atomic E-state index is 4.32. The van der Waals surface area contributed by atoms with E-state index in [1.165, 1.54) is 0 Å². The van der Waals surface area contributed by atoms with Gasteiger partial charge in [0.1, 0.15) is 6.33 Å². The molecule has 2 aromatic rings. The van der Waals surface area contributed by atoms with Gasteiger partial charge in [0, 0.05) is 24.5 Å². The second-order valence-corrected chi connectivity index (χ2v) is 3.73. The van der Waals surface area contributed by atoms with Crippen LogP contribution in [0.5, 0.6) is 0 Å². The quantitative estimate of drug-likeness (QED) is 0.708. The van der Waals surface area contributed by atoms with E-state index in [9.17, 15) is 0 Å². The first-order valence-corrected chi connectivity index (χ1v) is 4.88. The van der Waals surface area contributed by atoms with E-state index in [1.54, 1.807) is 6.33 Å². The second-order valence-electron chi connectivity index (χ2n) is 3.73. The Kier molecular flexibility index (Phi) is 2.26. The molecule has 0 spiro atoms. The van der Waals surface area contributed by atoms with E-state index >= 15 is 0 Å². The molecular formula is C11H14N4. The van der Waals surface area contributed by atoms with Gasteiger partial charge in [-0.15, -0.1) is 0 Å². The molecule has 4 nitrogen and oxygen atoms in total. The molecule has 0 atom stereocenters. The van der Waals surface area contributed by atoms with Crippen LogP contribution >= 0.6 is 0 Å². The smallest absolute Gasteiger partial charge is 0.116 e. The fraction of sp³-hybridized carbons (Fsp3) is 0.364. The van der Waals surface area contributed by atoms with Crippen molar-refractivity contribution in [1.29, 1.82) is 0 Å². The minimum absolute atomic E-state index is 0.980. The largest absolute Gasteiger partial charge is 0.275 e. The number of aryl methyl sites for hydroxylation is 3. The van der Waals surface area contributed by atoms with Crippen LogP contribution in [-0.2, 0) is 7.05 Å². The zero-order valence-electron chi connectivity index (χ0n) is 9.44. The molecule has 0 N–H and O–H groups in total. The van der Waals surface area contributed by atoms with Gasteiger partial charge in [0.25, 0.3) is 0 Å². The third-order valence-electron chi connectivity index (χ3n) is 2.60. The molecule has 0 amide bonds. The van der Waals surface area contributed by atoms with Crippen LogP contribution < -0.4 is 0 Å². The van der Waals surface area contributed by atoms with Crippen molar-refractivity contribution in [2.45, 2.75) is 20.8 Å². The van der Waals surface area contributed by atoms with Gasteiger partial charge in [-0.25, -0.2) is 9.97 Å². The van der Waals surface area contributed by atoms with Crippen molar-refractivity contribution in [3.63, 3.8) is 0 Å². The Morgan fingerprint density at radius 1 is 1.07 bits per heavy atom. The first-order chi connectivity index (χ1) is 7.09. The topological polar surface area (TPSA) is 43.6 Å². The zero-order valence-corrected chi connectivity index (χ0v) is 9.44. The first kappa shape index (κ1) is 9.83. The summed E-state index contributed by atoms with van der Waals surface area (Å²) >= 11 is 0. The molecule has 0 unspecified atom stereocenters.